The van der Waals surface area contributed by atoms with Gasteiger partial charge in [0, 0.05) is 23.9 Å². The number of anilines is 1. The monoisotopic (exact) mass is 286 g/mol. The van der Waals surface area contributed by atoms with E-state index in [1.54, 1.807) is 43.5 Å². The lowest BCUT2D eigenvalue weighted by molar-refractivity contribution is -0.384. The van der Waals surface area contributed by atoms with Gasteiger partial charge in [-0.1, -0.05) is 18.2 Å². The Morgan fingerprint density at radius 3 is 2.57 bits per heavy atom. The molecule has 0 atom stereocenters. The lowest BCUT2D eigenvalue weighted by Crippen LogP contribution is -2.14. The number of benzene rings is 2. The van der Waals surface area contributed by atoms with Crippen LogP contribution in [0, 0.1) is 10.1 Å². The number of non-ortho nitro benzene ring substituents is 1. The van der Waals surface area contributed by atoms with Crippen molar-refractivity contribution in [1.29, 1.82) is 0 Å². The summed E-state index contributed by atoms with van der Waals surface area (Å²) in [7, 11) is 1.55. The third kappa shape index (κ3) is 4.04. The molecule has 0 unspecified atom stereocenters. The number of amides is 1. The molecule has 1 N–H and O–H groups in total. The minimum absolute atomic E-state index is 0.00644. The summed E-state index contributed by atoms with van der Waals surface area (Å²) in [4.78, 5) is 22.0. The van der Waals surface area contributed by atoms with E-state index in [1.165, 1.54) is 12.1 Å². The third-order valence-electron chi connectivity index (χ3n) is 2.87. The predicted molar refractivity (Wildman–Crippen MR) is 78.4 cm³/mol. The van der Waals surface area contributed by atoms with Crippen LogP contribution < -0.4 is 10.1 Å². The SMILES string of the molecule is COc1cccc(NC(=O)Cc2ccc([N+](=O)[O-])cc2)c1. The third-order valence-corrected chi connectivity index (χ3v) is 2.87. The maximum absolute atomic E-state index is 11.9. The van der Waals surface area contributed by atoms with Gasteiger partial charge in [0.25, 0.3) is 5.69 Å². The van der Waals surface area contributed by atoms with Gasteiger partial charge < -0.3 is 10.1 Å². The molecule has 6 heteroatoms. The average molecular weight is 286 g/mol. The zero-order valence-corrected chi connectivity index (χ0v) is 11.4. The van der Waals surface area contributed by atoms with E-state index >= 15 is 0 Å². The predicted octanol–water partition coefficient (Wildman–Crippen LogP) is 2.78. The Labute approximate surface area is 121 Å². The van der Waals surface area contributed by atoms with Crippen LogP contribution >= 0.6 is 0 Å². The number of carbonyl (C=O) groups is 1. The second-order valence-electron chi connectivity index (χ2n) is 4.38. The first-order valence-corrected chi connectivity index (χ1v) is 6.26. The van der Waals surface area contributed by atoms with E-state index in [0.29, 0.717) is 17.0 Å². The van der Waals surface area contributed by atoms with Crippen molar-refractivity contribution >= 4 is 17.3 Å². The zero-order chi connectivity index (χ0) is 15.2. The van der Waals surface area contributed by atoms with E-state index in [0.717, 1.165) is 0 Å². The van der Waals surface area contributed by atoms with Gasteiger partial charge in [0.15, 0.2) is 0 Å². The van der Waals surface area contributed by atoms with E-state index in [1.807, 2.05) is 0 Å². The van der Waals surface area contributed by atoms with Crippen molar-refractivity contribution in [2.75, 3.05) is 12.4 Å². The van der Waals surface area contributed by atoms with Crippen LogP contribution in [0.4, 0.5) is 11.4 Å². The summed E-state index contributed by atoms with van der Waals surface area (Å²) in [6.07, 6.45) is 0.148. The van der Waals surface area contributed by atoms with Crippen molar-refractivity contribution in [3.05, 3.63) is 64.2 Å². The second kappa shape index (κ2) is 6.51. The molecular formula is C15H14N2O4. The smallest absolute Gasteiger partial charge is 0.269 e. The second-order valence-corrected chi connectivity index (χ2v) is 4.38. The van der Waals surface area contributed by atoms with Crippen molar-refractivity contribution in [2.45, 2.75) is 6.42 Å². The lowest BCUT2D eigenvalue weighted by atomic mass is 10.1. The Balaban J connectivity index is 1.99. The molecule has 0 fully saturated rings. The van der Waals surface area contributed by atoms with E-state index in [2.05, 4.69) is 5.32 Å². The molecule has 2 aromatic rings. The molecule has 108 valence electrons. The molecule has 0 saturated carbocycles. The van der Waals surface area contributed by atoms with Crippen molar-refractivity contribution in [3.63, 3.8) is 0 Å². The van der Waals surface area contributed by atoms with Gasteiger partial charge in [-0.05, 0) is 17.7 Å². The van der Waals surface area contributed by atoms with Gasteiger partial charge in [0.2, 0.25) is 5.91 Å². The maximum atomic E-state index is 11.9. The first kappa shape index (κ1) is 14.5. The van der Waals surface area contributed by atoms with E-state index in [9.17, 15) is 14.9 Å². The van der Waals surface area contributed by atoms with Gasteiger partial charge in [-0.2, -0.15) is 0 Å². The molecule has 0 bridgehead atoms. The number of ether oxygens (including phenoxy) is 1. The largest absolute Gasteiger partial charge is 0.497 e. The van der Waals surface area contributed by atoms with Gasteiger partial charge in [-0.25, -0.2) is 0 Å². The summed E-state index contributed by atoms with van der Waals surface area (Å²) < 4.78 is 5.08. The number of nitro benzene ring substituents is 1. The van der Waals surface area contributed by atoms with Crippen molar-refractivity contribution in [2.24, 2.45) is 0 Å². The first-order chi connectivity index (χ1) is 10.1. The van der Waals surface area contributed by atoms with Crippen LogP contribution in [-0.2, 0) is 11.2 Å². The van der Waals surface area contributed by atoms with Crippen LogP contribution in [0.2, 0.25) is 0 Å². The van der Waals surface area contributed by atoms with Crippen LogP contribution in [0.15, 0.2) is 48.5 Å². The Morgan fingerprint density at radius 1 is 1.24 bits per heavy atom. The normalized spacial score (nSPS) is 9.95. The van der Waals surface area contributed by atoms with Gasteiger partial charge in [0.05, 0.1) is 18.5 Å². The summed E-state index contributed by atoms with van der Waals surface area (Å²) in [5, 5.41) is 13.3. The molecule has 0 aliphatic rings. The molecule has 1 amide bonds. The molecular weight excluding hydrogens is 272 g/mol. The zero-order valence-electron chi connectivity index (χ0n) is 11.4. The Morgan fingerprint density at radius 2 is 1.95 bits per heavy atom. The molecule has 0 heterocycles. The van der Waals surface area contributed by atoms with E-state index in [-0.39, 0.29) is 18.0 Å². The van der Waals surface area contributed by atoms with Gasteiger partial charge in [0.1, 0.15) is 5.75 Å². The highest BCUT2D eigenvalue weighted by molar-refractivity contribution is 5.92. The van der Waals surface area contributed by atoms with Crippen molar-refractivity contribution in [1.82, 2.24) is 0 Å². The molecule has 0 spiro atoms. The molecule has 0 saturated heterocycles. The number of methoxy groups -OCH3 is 1. The average Bonchev–Trinajstić information content (AvgIpc) is 2.47. The molecule has 6 nitrogen and oxygen atoms in total. The number of rotatable bonds is 5. The standard InChI is InChI=1S/C15H14N2O4/c1-21-14-4-2-3-12(10-14)16-15(18)9-11-5-7-13(8-6-11)17(19)20/h2-8,10H,9H2,1H3,(H,16,18). The Kier molecular flexibility index (Phi) is 4.50. The summed E-state index contributed by atoms with van der Waals surface area (Å²) >= 11 is 0. The van der Waals surface area contributed by atoms with Crippen LogP contribution in [-0.4, -0.2) is 17.9 Å². The molecule has 0 aromatic heterocycles. The molecule has 0 aliphatic heterocycles. The minimum atomic E-state index is -0.472. The van der Waals surface area contributed by atoms with Crippen LogP contribution in [0.3, 0.4) is 0 Å². The van der Waals surface area contributed by atoms with Gasteiger partial charge in [-0.3, -0.25) is 14.9 Å². The van der Waals surface area contributed by atoms with Crippen LogP contribution in [0.1, 0.15) is 5.56 Å². The number of nitrogens with zero attached hydrogens (tertiary/aromatic N) is 1. The van der Waals surface area contributed by atoms with Crippen molar-refractivity contribution in [3.8, 4) is 5.75 Å². The summed E-state index contributed by atoms with van der Waals surface area (Å²) in [5.41, 5.74) is 1.36. The number of hydrogen-bond acceptors (Lipinski definition) is 4. The maximum Gasteiger partial charge on any atom is 0.269 e. The fourth-order valence-corrected chi connectivity index (χ4v) is 1.83. The van der Waals surface area contributed by atoms with Gasteiger partial charge in [-0.15, -0.1) is 0 Å². The quantitative estimate of drug-likeness (QED) is 0.677. The Bertz CT molecular complexity index is 653. The molecule has 2 aromatic carbocycles. The summed E-state index contributed by atoms with van der Waals surface area (Å²) in [5.74, 6) is 0.459. The number of nitro groups is 1. The van der Waals surface area contributed by atoms with E-state index < -0.39 is 4.92 Å². The Hall–Kier alpha value is -2.89. The number of nitrogens with one attached hydrogen (secondary N) is 1. The number of carbonyl (C=O) groups excluding carboxylic acids is 1. The molecule has 0 radical (unpaired) electrons. The fraction of sp³-hybridized carbons (Fsp3) is 0.133. The number of hydrogen-bond donors (Lipinski definition) is 1. The topological polar surface area (TPSA) is 81.5 Å². The minimum Gasteiger partial charge on any atom is -0.497 e. The lowest BCUT2D eigenvalue weighted by Gasteiger charge is -2.07. The summed E-state index contributed by atoms with van der Waals surface area (Å²) in [6, 6.07) is 12.9. The summed E-state index contributed by atoms with van der Waals surface area (Å²) in [6.45, 7) is 0. The highest BCUT2D eigenvalue weighted by Gasteiger charge is 2.08. The van der Waals surface area contributed by atoms with Crippen molar-refractivity contribution < 1.29 is 14.5 Å². The molecule has 2 rings (SSSR count). The van der Waals surface area contributed by atoms with Crippen LogP contribution in [0.5, 0.6) is 5.75 Å². The van der Waals surface area contributed by atoms with E-state index in [4.69, 9.17) is 4.74 Å². The highest BCUT2D eigenvalue weighted by atomic mass is 16.6. The fourth-order valence-electron chi connectivity index (χ4n) is 1.83. The van der Waals surface area contributed by atoms with Gasteiger partial charge >= 0.3 is 0 Å². The molecule has 0 aliphatic carbocycles. The highest BCUT2D eigenvalue weighted by Crippen LogP contribution is 2.17. The van der Waals surface area contributed by atoms with Crippen LogP contribution in [0.25, 0.3) is 0 Å². The molecule has 21 heavy (non-hydrogen) atoms. The first-order valence-electron chi connectivity index (χ1n) is 6.26.